The van der Waals surface area contributed by atoms with Crippen molar-refractivity contribution in [1.82, 2.24) is 0 Å². The lowest BCUT2D eigenvalue weighted by atomic mass is 10.0. The van der Waals surface area contributed by atoms with Crippen LogP contribution in [-0.4, -0.2) is 34.3 Å². The first-order chi connectivity index (χ1) is 16.1. The van der Waals surface area contributed by atoms with Crippen LogP contribution >= 0.6 is 0 Å². The monoisotopic (exact) mass is 444 g/mol. The Morgan fingerprint density at radius 1 is 0.727 bits per heavy atom. The minimum Gasteiger partial charge on any atom is -0.854 e. The maximum Gasteiger partial charge on any atom is 0.253 e. The minimum atomic E-state index is -0.359. The molecular weight excluding hydrogens is 420 g/mol. The topological polar surface area (TPSA) is 76.2 Å². The molecule has 0 radical (unpaired) electrons. The maximum absolute atomic E-state index is 12.9. The van der Waals surface area contributed by atoms with Crippen LogP contribution < -0.4 is 28.7 Å². The van der Waals surface area contributed by atoms with Gasteiger partial charge in [0.25, 0.3) is 5.69 Å². The van der Waals surface area contributed by atoms with Gasteiger partial charge < -0.3 is 24.1 Å². The Labute approximate surface area is 192 Å². The number of ether oxygens (including phenoxy) is 4. The van der Waals surface area contributed by atoms with Gasteiger partial charge in [-0.2, -0.15) is 0 Å². The zero-order chi connectivity index (χ0) is 23.4. The lowest BCUT2D eigenvalue weighted by molar-refractivity contribution is -0.669. The first kappa shape index (κ1) is 22.0. The smallest absolute Gasteiger partial charge is 0.253 e. The van der Waals surface area contributed by atoms with Crippen LogP contribution in [0.5, 0.6) is 23.0 Å². The molecule has 4 rings (SSSR count). The molecule has 1 heterocycles. The van der Waals surface area contributed by atoms with Gasteiger partial charge in [-0.25, -0.2) is 0 Å². The van der Waals surface area contributed by atoms with E-state index in [2.05, 4.69) is 5.10 Å². The Hall–Kier alpha value is -4.26. The van der Waals surface area contributed by atoms with E-state index in [-0.39, 0.29) is 5.90 Å². The average molecular weight is 444 g/mol. The fourth-order valence-electron chi connectivity index (χ4n) is 3.68. The van der Waals surface area contributed by atoms with Gasteiger partial charge in [-0.05, 0) is 46.4 Å². The van der Waals surface area contributed by atoms with Crippen LogP contribution in [0.4, 0.5) is 0 Å². The highest BCUT2D eigenvalue weighted by Crippen LogP contribution is 2.38. The predicted octanol–water partition coefficient (Wildman–Crippen LogP) is 3.40. The van der Waals surface area contributed by atoms with Crippen molar-refractivity contribution in [2.24, 2.45) is 5.10 Å². The number of fused-ring (bicyclic) bond motifs is 1. The first-order valence-electron chi connectivity index (χ1n) is 10.2. The second-order valence-electron chi connectivity index (χ2n) is 7.14. The largest absolute Gasteiger partial charge is 0.854 e. The summed E-state index contributed by atoms with van der Waals surface area (Å²) in [4.78, 5) is 0. The maximum atomic E-state index is 12.9. The fourth-order valence-corrected chi connectivity index (χ4v) is 3.68. The van der Waals surface area contributed by atoms with Crippen LogP contribution in [-0.2, 0) is 0 Å². The van der Waals surface area contributed by atoms with E-state index in [1.807, 2.05) is 42.5 Å². The zero-order valence-corrected chi connectivity index (χ0v) is 18.9. The molecule has 0 amide bonds. The molecule has 0 unspecified atom stereocenters. The fraction of sp³-hybridized carbons (Fsp3) is 0.154. The molecule has 0 aliphatic rings. The Morgan fingerprint density at radius 3 is 2.03 bits per heavy atom. The van der Waals surface area contributed by atoms with E-state index in [0.29, 0.717) is 34.3 Å². The number of pyridine rings is 1. The van der Waals surface area contributed by atoms with Crippen LogP contribution in [0.15, 0.2) is 78.0 Å². The van der Waals surface area contributed by atoms with Crippen molar-refractivity contribution in [3.05, 3.63) is 78.5 Å². The molecule has 3 aromatic carbocycles. The van der Waals surface area contributed by atoms with E-state index in [0.717, 1.165) is 16.3 Å². The molecule has 0 saturated heterocycles. The summed E-state index contributed by atoms with van der Waals surface area (Å²) >= 11 is 0. The Kier molecular flexibility index (Phi) is 6.31. The Morgan fingerprint density at radius 2 is 1.36 bits per heavy atom. The Balaban J connectivity index is 2.02. The van der Waals surface area contributed by atoms with Gasteiger partial charge in [0.1, 0.15) is 0 Å². The highest BCUT2D eigenvalue weighted by atomic mass is 16.5. The highest BCUT2D eigenvalue weighted by molar-refractivity contribution is 5.96. The average Bonchev–Trinajstić information content (AvgIpc) is 2.87. The number of hydrogen-bond acceptors (Lipinski definition) is 6. The molecule has 7 nitrogen and oxygen atoms in total. The quantitative estimate of drug-likeness (QED) is 0.248. The molecule has 0 aliphatic carbocycles. The summed E-state index contributed by atoms with van der Waals surface area (Å²) in [5.41, 5.74) is 1.98. The number of nitrogens with zero attached hydrogens (tertiary/aromatic N) is 2. The summed E-state index contributed by atoms with van der Waals surface area (Å²) in [7, 11) is 6.34. The summed E-state index contributed by atoms with van der Waals surface area (Å²) in [5, 5.41) is 19.0. The first-order valence-corrected chi connectivity index (χ1v) is 10.2. The van der Waals surface area contributed by atoms with E-state index < -0.39 is 0 Å². The van der Waals surface area contributed by atoms with Gasteiger partial charge in [-0.3, -0.25) is 0 Å². The van der Waals surface area contributed by atoms with Crippen LogP contribution in [0.2, 0.25) is 0 Å². The van der Waals surface area contributed by atoms with Gasteiger partial charge in [0, 0.05) is 6.07 Å². The third-order valence-corrected chi connectivity index (χ3v) is 5.31. The van der Waals surface area contributed by atoms with Crippen molar-refractivity contribution in [1.29, 1.82) is 0 Å². The second kappa shape index (κ2) is 9.48. The normalized spacial score (nSPS) is 11.3. The molecule has 1 aromatic heterocycles. The SMILES string of the molecule is COc1ccc(-c2c3cc(OC)c(OC)cc3cc[n+]2/N=C(\[O-])c2ccccc2)cc1OC. The van der Waals surface area contributed by atoms with Gasteiger partial charge in [-0.15, -0.1) is 0 Å². The summed E-state index contributed by atoms with van der Waals surface area (Å²) in [6.45, 7) is 0. The number of rotatable bonds is 7. The molecule has 0 N–H and O–H groups in total. The van der Waals surface area contributed by atoms with E-state index >= 15 is 0 Å². The van der Waals surface area contributed by atoms with Crippen molar-refractivity contribution in [3.63, 3.8) is 0 Å². The van der Waals surface area contributed by atoms with Gasteiger partial charge in [0.2, 0.25) is 6.20 Å². The minimum absolute atomic E-state index is 0.359. The van der Waals surface area contributed by atoms with Crippen molar-refractivity contribution in [2.75, 3.05) is 28.4 Å². The molecule has 168 valence electrons. The molecule has 0 fully saturated rings. The Bertz CT molecular complexity index is 1320. The number of hydrogen-bond donors (Lipinski definition) is 0. The van der Waals surface area contributed by atoms with Crippen LogP contribution in [0.25, 0.3) is 22.0 Å². The lowest BCUT2D eigenvalue weighted by Gasteiger charge is -2.13. The van der Waals surface area contributed by atoms with Crippen molar-refractivity contribution in [2.45, 2.75) is 0 Å². The van der Waals surface area contributed by atoms with E-state index in [9.17, 15) is 5.11 Å². The van der Waals surface area contributed by atoms with E-state index in [1.165, 1.54) is 0 Å². The zero-order valence-electron chi connectivity index (χ0n) is 18.9. The van der Waals surface area contributed by atoms with Crippen molar-refractivity contribution < 1.29 is 28.7 Å². The molecule has 0 spiro atoms. The highest BCUT2D eigenvalue weighted by Gasteiger charge is 2.22. The lowest BCUT2D eigenvalue weighted by Crippen LogP contribution is -2.36. The molecule has 4 aromatic rings. The third-order valence-electron chi connectivity index (χ3n) is 5.31. The van der Waals surface area contributed by atoms with Crippen LogP contribution in [0.3, 0.4) is 0 Å². The molecule has 0 atom stereocenters. The van der Waals surface area contributed by atoms with Gasteiger partial charge in [-0.1, -0.05) is 35.0 Å². The van der Waals surface area contributed by atoms with Gasteiger partial charge in [0.15, 0.2) is 23.0 Å². The molecular formula is C26H24N2O5. The standard InChI is InChI=1S/C26H24N2O5/c1-30-21-11-10-19(15-22(21)31-2)25-20-16-24(33-4)23(32-3)14-18(20)12-13-28(25)27-26(29)17-8-6-5-7-9-17/h5-16H,1-4H3. The summed E-state index contributed by atoms with van der Waals surface area (Å²) in [6, 6.07) is 20.1. The number of benzene rings is 3. The van der Waals surface area contributed by atoms with E-state index in [1.54, 1.807) is 63.6 Å². The second-order valence-corrected chi connectivity index (χ2v) is 7.14. The molecule has 0 bridgehead atoms. The molecule has 0 aliphatic heterocycles. The molecule has 0 saturated carbocycles. The summed E-state index contributed by atoms with van der Waals surface area (Å²) in [6.07, 6.45) is 1.75. The third kappa shape index (κ3) is 4.25. The van der Waals surface area contributed by atoms with Crippen LogP contribution in [0, 0.1) is 0 Å². The van der Waals surface area contributed by atoms with Gasteiger partial charge >= 0.3 is 0 Å². The van der Waals surface area contributed by atoms with Crippen LogP contribution in [0.1, 0.15) is 5.56 Å². The predicted molar refractivity (Wildman–Crippen MR) is 124 cm³/mol. The van der Waals surface area contributed by atoms with Crippen molar-refractivity contribution >= 4 is 16.7 Å². The molecule has 33 heavy (non-hydrogen) atoms. The van der Waals surface area contributed by atoms with E-state index in [4.69, 9.17) is 18.9 Å². The summed E-state index contributed by atoms with van der Waals surface area (Å²) in [5.74, 6) is 1.98. The molecule has 7 heteroatoms. The van der Waals surface area contributed by atoms with Crippen molar-refractivity contribution in [3.8, 4) is 34.3 Å². The number of methoxy groups -OCH3 is 4. The number of aromatic nitrogens is 1. The summed E-state index contributed by atoms with van der Waals surface area (Å²) < 4.78 is 23.5. The van der Waals surface area contributed by atoms with Gasteiger partial charge in [0.05, 0.1) is 45.3 Å².